The zero-order valence-electron chi connectivity index (χ0n) is 15.9. The van der Waals surface area contributed by atoms with Crippen molar-refractivity contribution in [3.63, 3.8) is 0 Å². The minimum absolute atomic E-state index is 0.344. The van der Waals surface area contributed by atoms with Crippen LogP contribution in [0.2, 0.25) is 0 Å². The van der Waals surface area contributed by atoms with Crippen molar-refractivity contribution in [2.24, 2.45) is 0 Å². The fraction of sp³-hybridized carbons (Fsp3) is 0.250. The summed E-state index contributed by atoms with van der Waals surface area (Å²) >= 11 is 0. The quantitative estimate of drug-likeness (QED) is 0.663. The predicted molar refractivity (Wildman–Crippen MR) is 109 cm³/mol. The topological polar surface area (TPSA) is 59.4 Å². The van der Waals surface area contributed by atoms with E-state index in [1.807, 2.05) is 0 Å². The molecule has 4 heteroatoms. The molecular formula is C24H23NO3. The lowest BCUT2D eigenvalue weighted by Gasteiger charge is -2.26. The molecule has 4 rings (SSSR count). The van der Waals surface area contributed by atoms with Crippen LogP contribution in [0.3, 0.4) is 0 Å². The van der Waals surface area contributed by atoms with Gasteiger partial charge in [-0.1, -0.05) is 42.0 Å². The number of carboxylic acid groups (broad SMARTS) is 1. The monoisotopic (exact) mass is 373 g/mol. The van der Waals surface area contributed by atoms with Crippen molar-refractivity contribution in [1.82, 2.24) is 4.98 Å². The molecule has 28 heavy (non-hydrogen) atoms. The highest BCUT2D eigenvalue weighted by molar-refractivity contribution is 5.89. The normalized spacial score (nSPS) is 15.5. The number of fused-ring (bicyclic) bond motifs is 1. The van der Waals surface area contributed by atoms with E-state index in [1.54, 1.807) is 12.3 Å². The third-order valence-electron chi connectivity index (χ3n) is 5.46. The van der Waals surface area contributed by atoms with E-state index >= 15 is 0 Å². The minimum atomic E-state index is -0.896. The van der Waals surface area contributed by atoms with E-state index in [0.717, 1.165) is 29.7 Å². The number of ether oxygens (including phenoxy) is 1. The molecule has 3 aromatic rings. The molecule has 0 aliphatic carbocycles. The number of carboxylic acids is 1. The Morgan fingerprint density at radius 2 is 1.93 bits per heavy atom. The highest BCUT2D eigenvalue weighted by Gasteiger charge is 2.22. The van der Waals surface area contributed by atoms with Crippen LogP contribution in [0.1, 0.15) is 45.8 Å². The maximum absolute atomic E-state index is 11.4. The molecule has 1 atom stereocenters. The summed E-state index contributed by atoms with van der Waals surface area (Å²) in [5, 5.41) is 9.37. The van der Waals surface area contributed by atoms with Gasteiger partial charge < -0.3 is 9.84 Å². The maximum Gasteiger partial charge on any atom is 0.336 e. The molecule has 0 saturated carbocycles. The number of benzene rings is 2. The van der Waals surface area contributed by atoms with E-state index in [4.69, 9.17) is 4.74 Å². The molecule has 0 spiro atoms. The SMILES string of the molecule is Cc1ccc(-c2ccc3c(c2)OCC[C@H]3CCc2cnccc2C(=O)O)cc1. The summed E-state index contributed by atoms with van der Waals surface area (Å²) < 4.78 is 5.95. The van der Waals surface area contributed by atoms with Crippen LogP contribution >= 0.6 is 0 Å². The largest absolute Gasteiger partial charge is 0.493 e. The number of hydrogen-bond acceptors (Lipinski definition) is 3. The zero-order valence-corrected chi connectivity index (χ0v) is 15.9. The molecular weight excluding hydrogens is 350 g/mol. The number of rotatable bonds is 5. The molecule has 0 saturated heterocycles. The Hall–Kier alpha value is -3.14. The van der Waals surface area contributed by atoms with Crippen molar-refractivity contribution in [3.8, 4) is 16.9 Å². The predicted octanol–water partition coefficient (Wildman–Crippen LogP) is 5.25. The van der Waals surface area contributed by atoms with E-state index in [1.165, 1.54) is 22.9 Å². The molecule has 1 aliphatic rings. The summed E-state index contributed by atoms with van der Waals surface area (Å²) in [6.45, 7) is 2.77. The van der Waals surface area contributed by atoms with Gasteiger partial charge in [-0.05, 0) is 66.5 Å². The van der Waals surface area contributed by atoms with Gasteiger partial charge in [0.15, 0.2) is 0 Å². The van der Waals surface area contributed by atoms with E-state index in [-0.39, 0.29) is 0 Å². The van der Waals surface area contributed by atoms with Crippen molar-refractivity contribution in [3.05, 3.63) is 83.2 Å². The number of carbonyl (C=O) groups is 1. The van der Waals surface area contributed by atoms with Gasteiger partial charge in [-0.15, -0.1) is 0 Å². The van der Waals surface area contributed by atoms with Crippen molar-refractivity contribution in [1.29, 1.82) is 0 Å². The van der Waals surface area contributed by atoms with E-state index in [9.17, 15) is 9.90 Å². The second-order valence-corrected chi connectivity index (χ2v) is 7.33. The average Bonchev–Trinajstić information content (AvgIpc) is 2.72. The Bertz CT molecular complexity index is 995. The number of aromatic carboxylic acids is 1. The molecule has 1 aliphatic heterocycles. The van der Waals surface area contributed by atoms with Gasteiger partial charge in [-0.25, -0.2) is 4.79 Å². The Balaban J connectivity index is 1.54. The lowest BCUT2D eigenvalue weighted by Crippen LogP contribution is -2.15. The number of pyridine rings is 1. The van der Waals surface area contributed by atoms with E-state index in [2.05, 4.69) is 54.4 Å². The molecule has 0 radical (unpaired) electrons. The first-order valence-corrected chi connectivity index (χ1v) is 9.62. The number of aromatic nitrogens is 1. The van der Waals surface area contributed by atoms with Gasteiger partial charge >= 0.3 is 5.97 Å². The zero-order chi connectivity index (χ0) is 19.5. The minimum Gasteiger partial charge on any atom is -0.493 e. The molecule has 1 aromatic heterocycles. The fourth-order valence-electron chi connectivity index (χ4n) is 3.85. The molecule has 0 amide bonds. The van der Waals surface area contributed by atoms with Gasteiger partial charge in [0, 0.05) is 12.4 Å². The highest BCUT2D eigenvalue weighted by atomic mass is 16.5. The molecule has 0 unspecified atom stereocenters. The van der Waals surface area contributed by atoms with E-state index < -0.39 is 5.97 Å². The molecule has 0 bridgehead atoms. The third-order valence-corrected chi connectivity index (χ3v) is 5.46. The molecule has 2 aromatic carbocycles. The Morgan fingerprint density at radius 3 is 2.71 bits per heavy atom. The van der Waals surface area contributed by atoms with Crippen molar-refractivity contribution >= 4 is 5.97 Å². The Morgan fingerprint density at radius 1 is 1.14 bits per heavy atom. The van der Waals surface area contributed by atoms with E-state index in [0.29, 0.717) is 24.5 Å². The number of nitrogens with zero attached hydrogens (tertiary/aromatic N) is 1. The van der Waals surface area contributed by atoms with Gasteiger partial charge in [-0.3, -0.25) is 4.98 Å². The first-order chi connectivity index (χ1) is 13.6. The van der Waals surface area contributed by atoms with Crippen LogP contribution in [-0.2, 0) is 6.42 Å². The highest BCUT2D eigenvalue weighted by Crippen LogP contribution is 2.39. The molecule has 4 nitrogen and oxygen atoms in total. The smallest absolute Gasteiger partial charge is 0.336 e. The van der Waals surface area contributed by atoms with Gasteiger partial charge in [0.1, 0.15) is 5.75 Å². The second-order valence-electron chi connectivity index (χ2n) is 7.33. The van der Waals surface area contributed by atoms with Gasteiger partial charge in [0.2, 0.25) is 0 Å². The van der Waals surface area contributed by atoms with Crippen molar-refractivity contribution in [2.45, 2.75) is 32.1 Å². The molecule has 0 fully saturated rings. The number of aryl methyl sites for hydroxylation is 2. The van der Waals surface area contributed by atoms with Crippen LogP contribution in [0.4, 0.5) is 0 Å². The van der Waals surface area contributed by atoms with Crippen LogP contribution in [0.5, 0.6) is 5.75 Å². The molecule has 1 N–H and O–H groups in total. The Labute approximate surface area is 164 Å². The number of hydrogen-bond donors (Lipinski definition) is 1. The summed E-state index contributed by atoms with van der Waals surface area (Å²) in [5.41, 5.74) is 5.92. The van der Waals surface area contributed by atoms with Crippen LogP contribution < -0.4 is 4.74 Å². The van der Waals surface area contributed by atoms with Crippen LogP contribution in [0.25, 0.3) is 11.1 Å². The first-order valence-electron chi connectivity index (χ1n) is 9.62. The summed E-state index contributed by atoms with van der Waals surface area (Å²) in [6, 6.07) is 16.5. The summed E-state index contributed by atoms with van der Waals surface area (Å²) in [6.07, 6.45) is 5.72. The lowest BCUT2D eigenvalue weighted by molar-refractivity contribution is 0.0695. The van der Waals surface area contributed by atoms with Crippen LogP contribution in [0.15, 0.2) is 60.9 Å². The summed E-state index contributed by atoms with van der Waals surface area (Å²) in [7, 11) is 0. The molecule has 142 valence electrons. The van der Waals surface area contributed by atoms with Crippen LogP contribution in [0, 0.1) is 6.92 Å². The van der Waals surface area contributed by atoms with Crippen molar-refractivity contribution < 1.29 is 14.6 Å². The standard InChI is InChI=1S/C24H23NO3/c1-16-2-4-17(5-3-16)19-8-9-21-18(11-13-28-23(21)14-19)6-7-20-15-25-12-10-22(20)24(26)27/h2-5,8-10,12,14-15,18H,6-7,11,13H2,1H3,(H,26,27)/t18-/m1/s1. The maximum atomic E-state index is 11.4. The van der Waals surface area contributed by atoms with Gasteiger partial charge in [-0.2, -0.15) is 0 Å². The summed E-state index contributed by atoms with van der Waals surface area (Å²) in [5.74, 6) is 0.407. The van der Waals surface area contributed by atoms with Crippen LogP contribution in [-0.4, -0.2) is 22.7 Å². The summed E-state index contributed by atoms with van der Waals surface area (Å²) in [4.78, 5) is 15.5. The van der Waals surface area contributed by atoms with Crippen molar-refractivity contribution in [2.75, 3.05) is 6.61 Å². The lowest BCUT2D eigenvalue weighted by atomic mass is 9.86. The Kier molecular flexibility index (Phi) is 5.11. The fourth-order valence-corrected chi connectivity index (χ4v) is 3.85. The molecule has 2 heterocycles. The average molecular weight is 373 g/mol. The van der Waals surface area contributed by atoms with Gasteiger partial charge in [0.25, 0.3) is 0 Å². The third kappa shape index (κ3) is 3.77. The second kappa shape index (κ2) is 7.85. The first kappa shape index (κ1) is 18.2. The van der Waals surface area contributed by atoms with Gasteiger partial charge in [0.05, 0.1) is 12.2 Å².